The SMILES string of the molecule is C#CC1CC(=O)N1[Si]C. The largest absolute Gasteiger partial charge is 0.357 e. The molecule has 2 radical (unpaired) electrons. The summed E-state index contributed by atoms with van der Waals surface area (Å²) in [6, 6.07) is 0.0980. The van der Waals surface area contributed by atoms with Gasteiger partial charge in [-0.2, -0.15) is 0 Å². The highest BCUT2D eigenvalue weighted by Crippen LogP contribution is 2.15. The molecule has 3 heteroatoms. The first-order chi connectivity index (χ1) is 4.29. The molecule has 0 aliphatic carbocycles. The quantitative estimate of drug-likeness (QED) is 0.280. The Labute approximate surface area is 57.1 Å². The summed E-state index contributed by atoms with van der Waals surface area (Å²) >= 11 is 0. The van der Waals surface area contributed by atoms with Crippen molar-refractivity contribution in [2.45, 2.75) is 19.0 Å². The maximum Gasteiger partial charge on any atom is 0.218 e. The molecule has 1 rings (SSSR count). The first-order valence-electron chi connectivity index (χ1n) is 2.75. The normalized spacial score (nSPS) is 25.1. The third-order valence-electron chi connectivity index (χ3n) is 1.38. The summed E-state index contributed by atoms with van der Waals surface area (Å²) in [5.74, 6) is 2.74. The van der Waals surface area contributed by atoms with Crippen molar-refractivity contribution in [2.24, 2.45) is 0 Å². The number of hydrogen-bond donors (Lipinski definition) is 0. The van der Waals surface area contributed by atoms with E-state index in [0.29, 0.717) is 16.1 Å². The van der Waals surface area contributed by atoms with Gasteiger partial charge in [0, 0.05) is 0 Å². The lowest BCUT2D eigenvalue weighted by Gasteiger charge is -2.35. The first kappa shape index (κ1) is 6.37. The van der Waals surface area contributed by atoms with Gasteiger partial charge < -0.3 is 4.57 Å². The Balaban J connectivity index is 2.50. The lowest BCUT2D eigenvalue weighted by atomic mass is 10.1. The molecule has 0 bridgehead atoms. The Morgan fingerprint density at radius 3 is 2.89 bits per heavy atom. The minimum Gasteiger partial charge on any atom is -0.357 e. The molecule has 0 aromatic rings. The van der Waals surface area contributed by atoms with Gasteiger partial charge in [-0.05, 0) is 0 Å². The van der Waals surface area contributed by atoms with E-state index in [1.807, 2.05) is 6.55 Å². The highest BCUT2D eigenvalue weighted by molar-refractivity contribution is 6.36. The lowest BCUT2D eigenvalue weighted by Crippen LogP contribution is -2.52. The molecule has 1 aliphatic rings. The van der Waals surface area contributed by atoms with E-state index < -0.39 is 0 Å². The zero-order valence-electron chi connectivity index (χ0n) is 5.22. The van der Waals surface area contributed by atoms with E-state index in [1.165, 1.54) is 0 Å². The van der Waals surface area contributed by atoms with Crippen molar-refractivity contribution >= 4 is 15.6 Å². The lowest BCUT2D eigenvalue weighted by molar-refractivity contribution is -0.135. The maximum absolute atomic E-state index is 10.7. The molecular formula is C6H7NOSi. The minimum absolute atomic E-state index is 0.0980. The van der Waals surface area contributed by atoms with E-state index in [9.17, 15) is 4.79 Å². The molecule has 0 saturated carbocycles. The van der Waals surface area contributed by atoms with Gasteiger partial charge in [-0.1, -0.05) is 12.5 Å². The van der Waals surface area contributed by atoms with Crippen molar-refractivity contribution in [1.29, 1.82) is 0 Å². The van der Waals surface area contributed by atoms with Crippen LogP contribution < -0.4 is 0 Å². The molecule has 1 unspecified atom stereocenters. The highest BCUT2D eigenvalue weighted by Gasteiger charge is 2.32. The Bertz CT molecular complexity index is 172. The van der Waals surface area contributed by atoms with Gasteiger partial charge in [-0.25, -0.2) is 0 Å². The van der Waals surface area contributed by atoms with Gasteiger partial charge in [0.1, 0.15) is 0 Å². The zero-order chi connectivity index (χ0) is 6.85. The maximum atomic E-state index is 10.7. The third-order valence-corrected chi connectivity index (χ3v) is 2.42. The van der Waals surface area contributed by atoms with Crippen LogP contribution in [0.5, 0.6) is 0 Å². The summed E-state index contributed by atoms with van der Waals surface area (Å²) in [6.07, 6.45) is 5.68. The minimum atomic E-state index is 0.0980. The number of terminal acetylenes is 1. The van der Waals surface area contributed by atoms with E-state index in [-0.39, 0.29) is 11.9 Å². The number of nitrogens with zero attached hydrogens (tertiary/aromatic N) is 1. The summed E-state index contributed by atoms with van der Waals surface area (Å²) in [5.41, 5.74) is 0. The molecule has 0 spiro atoms. The predicted octanol–water partition coefficient (Wildman–Crippen LogP) is -0.112. The second kappa shape index (κ2) is 2.24. The molecule has 0 aromatic heterocycles. The van der Waals surface area contributed by atoms with E-state index in [1.54, 1.807) is 4.57 Å². The van der Waals surface area contributed by atoms with Crippen LogP contribution in [0.3, 0.4) is 0 Å². The van der Waals surface area contributed by atoms with Crippen molar-refractivity contribution < 1.29 is 4.79 Å². The molecule has 2 nitrogen and oxygen atoms in total. The van der Waals surface area contributed by atoms with Crippen LogP contribution in [0.25, 0.3) is 0 Å². The molecular weight excluding hydrogens is 130 g/mol. The Hall–Kier alpha value is -0.753. The topological polar surface area (TPSA) is 20.3 Å². The van der Waals surface area contributed by atoms with Crippen LogP contribution in [0.15, 0.2) is 0 Å². The van der Waals surface area contributed by atoms with Crippen LogP contribution in [-0.2, 0) is 4.79 Å². The van der Waals surface area contributed by atoms with Crippen LogP contribution in [0.4, 0.5) is 0 Å². The number of hydrogen-bond acceptors (Lipinski definition) is 1. The van der Waals surface area contributed by atoms with Crippen molar-refractivity contribution in [1.82, 2.24) is 4.57 Å². The van der Waals surface area contributed by atoms with Crippen molar-refractivity contribution in [3.8, 4) is 12.3 Å². The van der Waals surface area contributed by atoms with E-state index in [0.717, 1.165) is 0 Å². The smallest absolute Gasteiger partial charge is 0.218 e. The van der Waals surface area contributed by atoms with E-state index in [2.05, 4.69) is 5.92 Å². The molecule has 1 saturated heterocycles. The Kier molecular flexibility index (Phi) is 1.58. The number of amides is 1. The fraction of sp³-hybridized carbons (Fsp3) is 0.500. The summed E-state index contributed by atoms with van der Waals surface area (Å²) in [5, 5.41) is 0. The Morgan fingerprint density at radius 1 is 2.00 bits per heavy atom. The van der Waals surface area contributed by atoms with Crippen LogP contribution in [0.2, 0.25) is 6.55 Å². The van der Waals surface area contributed by atoms with Gasteiger partial charge in [0.05, 0.1) is 12.5 Å². The fourth-order valence-corrected chi connectivity index (χ4v) is 1.65. The van der Waals surface area contributed by atoms with Crippen molar-refractivity contribution in [3.63, 3.8) is 0 Å². The molecule has 1 amide bonds. The number of rotatable bonds is 1. The highest BCUT2D eigenvalue weighted by atomic mass is 28.2. The van der Waals surface area contributed by atoms with E-state index in [4.69, 9.17) is 6.42 Å². The summed E-state index contributed by atoms with van der Waals surface area (Å²) in [6.45, 7) is 1.96. The number of β-lactam (4-membered cyclic amide) rings is 1. The molecule has 0 N–H and O–H groups in total. The summed E-state index contributed by atoms with van der Waals surface area (Å²) in [4.78, 5) is 10.7. The van der Waals surface area contributed by atoms with Crippen LogP contribution in [0.1, 0.15) is 6.42 Å². The number of carbonyl (C=O) groups excluding carboxylic acids is 1. The van der Waals surface area contributed by atoms with Gasteiger partial charge in [-0.3, -0.25) is 4.79 Å². The second-order valence-electron chi connectivity index (χ2n) is 1.87. The van der Waals surface area contributed by atoms with Crippen molar-refractivity contribution in [2.75, 3.05) is 0 Å². The number of carbonyl (C=O) groups is 1. The van der Waals surface area contributed by atoms with Crippen LogP contribution in [-0.4, -0.2) is 26.2 Å². The van der Waals surface area contributed by atoms with Crippen LogP contribution >= 0.6 is 0 Å². The van der Waals surface area contributed by atoms with Gasteiger partial charge in [0.2, 0.25) is 5.91 Å². The zero-order valence-corrected chi connectivity index (χ0v) is 6.22. The Morgan fingerprint density at radius 2 is 2.67 bits per heavy atom. The molecule has 46 valence electrons. The second-order valence-corrected chi connectivity index (χ2v) is 2.80. The van der Waals surface area contributed by atoms with Crippen molar-refractivity contribution in [3.05, 3.63) is 0 Å². The average Bonchev–Trinajstić information content (AvgIpc) is 1.83. The molecule has 1 aliphatic heterocycles. The fourth-order valence-electron chi connectivity index (χ4n) is 0.830. The van der Waals surface area contributed by atoms with E-state index >= 15 is 0 Å². The molecule has 1 heterocycles. The van der Waals surface area contributed by atoms with Gasteiger partial charge >= 0.3 is 0 Å². The monoisotopic (exact) mass is 137 g/mol. The summed E-state index contributed by atoms with van der Waals surface area (Å²) < 4.78 is 1.72. The molecule has 1 fully saturated rings. The first-order valence-corrected chi connectivity index (χ1v) is 4.20. The molecule has 9 heavy (non-hydrogen) atoms. The summed E-state index contributed by atoms with van der Waals surface area (Å²) in [7, 11) is 0.527. The van der Waals surface area contributed by atoms with Gasteiger partial charge in [0.25, 0.3) is 0 Å². The third kappa shape index (κ3) is 0.858. The van der Waals surface area contributed by atoms with Crippen LogP contribution in [0, 0.1) is 12.3 Å². The van der Waals surface area contributed by atoms with Gasteiger partial charge in [-0.15, -0.1) is 6.42 Å². The van der Waals surface area contributed by atoms with Gasteiger partial charge in [0.15, 0.2) is 9.68 Å². The molecule has 1 atom stereocenters. The standard InChI is InChI=1S/C6H7NOSi/c1-3-5-4-6(8)7(5)9-2/h1,5H,4H2,2H3. The average molecular weight is 137 g/mol. The predicted molar refractivity (Wildman–Crippen MR) is 35.7 cm³/mol. The molecule has 0 aromatic carbocycles.